The largest absolute Gasteiger partial charge is 0.378 e. The maximum Gasteiger partial charge on any atom is 0.146 e. The first-order valence-corrected chi connectivity index (χ1v) is 5.58. The van der Waals surface area contributed by atoms with Crippen LogP contribution in [0.2, 0.25) is 0 Å². The van der Waals surface area contributed by atoms with Crippen molar-refractivity contribution in [2.75, 3.05) is 5.32 Å². The Labute approximate surface area is 105 Å². The van der Waals surface area contributed by atoms with E-state index >= 15 is 0 Å². The average molecular weight is 241 g/mol. The first-order chi connectivity index (χ1) is 8.81. The van der Waals surface area contributed by atoms with Crippen LogP contribution in [-0.2, 0) is 13.0 Å². The number of hydrogen-bond acceptors (Lipinski definition) is 3. The number of nitriles is 1. The minimum absolute atomic E-state index is 0.188. The summed E-state index contributed by atoms with van der Waals surface area (Å²) < 4.78 is 13.7. The van der Waals surface area contributed by atoms with Gasteiger partial charge in [-0.2, -0.15) is 5.26 Å². The van der Waals surface area contributed by atoms with Gasteiger partial charge in [0.15, 0.2) is 0 Å². The van der Waals surface area contributed by atoms with Crippen LogP contribution in [0.25, 0.3) is 0 Å². The van der Waals surface area contributed by atoms with Gasteiger partial charge in [0.2, 0.25) is 0 Å². The fourth-order valence-electron chi connectivity index (χ4n) is 1.69. The third kappa shape index (κ3) is 2.83. The zero-order valence-electron chi connectivity index (χ0n) is 9.73. The van der Waals surface area contributed by atoms with Crippen LogP contribution in [0.5, 0.6) is 0 Å². The molecule has 0 aliphatic heterocycles. The lowest BCUT2D eigenvalue weighted by Gasteiger charge is -2.11. The minimum atomic E-state index is -0.341. The summed E-state index contributed by atoms with van der Waals surface area (Å²) in [5.74, 6) is -0.341. The Kier molecular flexibility index (Phi) is 3.87. The van der Waals surface area contributed by atoms with Gasteiger partial charge in [-0.25, -0.2) is 4.39 Å². The second kappa shape index (κ2) is 5.78. The van der Waals surface area contributed by atoms with Gasteiger partial charge in [-0.3, -0.25) is 4.98 Å². The van der Waals surface area contributed by atoms with E-state index in [1.165, 1.54) is 6.07 Å². The van der Waals surface area contributed by atoms with E-state index in [2.05, 4.69) is 10.3 Å². The monoisotopic (exact) mass is 241 g/mol. The highest BCUT2D eigenvalue weighted by Gasteiger charge is 2.07. The Balaban J connectivity index is 2.16. The van der Waals surface area contributed by atoms with Gasteiger partial charge in [-0.15, -0.1) is 0 Å². The molecule has 2 rings (SSSR count). The summed E-state index contributed by atoms with van der Waals surface area (Å²) in [6.07, 6.45) is 3.60. The number of para-hydroxylation sites is 1. The smallest absolute Gasteiger partial charge is 0.146 e. The molecule has 0 unspecified atom stereocenters. The van der Waals surface area contributed by atoms with E-state index < -0.39 is 0 Å². The van der Waals surface area contributed by atoms with Crippen LogP contribution < -0.4 is 5.32 Å². The summed E-state index contributed by atoms with van der Waals surface area (Å²) >= 11 is 0. The molecule has 0 atom stereocenters. The van der Waals surface area contributed by atoms with Gasteiger partial charge < -0.3 is 5.32 Å². The van der Waals surface area contributed by atoms with Gasteiger partial charge in [0.1, 0.15) is 5.82 Å². The van der Waals surface area contributed by atoms with Crippen LogP contribution >= 0.6 is 0 Å². The van der Waals surface area contributed by atoms with Gasteiger partial charge in [0, 0.05) is 18.9 Å². The van der Waals surface area contributed by atoms with Crippen molar-refractivity contribution in [1.29, 1.82) is 5.26 Å². The maximum atomic E-state index is 13.7. The molecule has 0 bridgehead atoms. The third-order valence-corrected chi connectivity index (χ3v) is 2.56. The number of rotatable bonds is 4. The number of pyridine rings is 1. The van der Waals surface area contributed by atoms with Crippen molar-refractivity contribution in [3.05, 3.63) is 59.7 Å². The third-order valence-electron chi connectivity index (χ3n) is 2.56. The summed E-state index contributed by atoms with van der Waals surface area (Å²) in [6, 6.07) is 10.5. The molecule has 3 nitrogen and oxygen atoms in total. The van der Waals surface area contributed by atoms with Crippen molar-refractivity contribution in [3.8, 4) is 6.07 Å². The molecule has 4 heteroatoms. The normalized spacial score (nSPS) is 9.78. The number of nitrogens with zero attached hydrogens (tertiary/aromatic N) is 2. The molecule has 0 spiro atoms. The first-order valence-electron chi connectivity index (χ1n) is 5.58. The van der Waals surface area contributed by atoms with Crippen molar-refractivity contribution in [1.82, 2.24) is 4.98 Å². The molecule has 1 heterocycles. The molecule has 90 valence electrons. The van der Waals surface area contributed by atoms with Crippen LogP contribution in [0.4, 0.5) is 10.1 Å². The van der Waals surface area contributed by atoms with E-state index in [0.717, 1.165) is 5.56 Å². The van der Waals surface area contributed by atoms with Gasteiger partial charge in [-0.05, 0) is 23.3 Å². The summed E-state index contributed by atoms with van der Waals surface area (Å²) in [5, 5.41) is 11.7. The number of halogens is 1. The van der Waals surface area contributed by atoms with Gasteiger partial charge in [0.05, 0.1) is 18.2 Å². The van der Waals surface area contributed by atoms with Crippen LogP contribution in [0.3, 0.4) is 0 Å². The van der Waals surface area contributed by atoms with Crippen molar-refractivity contribution in [2.45, 2.75) is 13.0 Å². The second-order valence-corrected chi connectivity index (χ2v) is 3.82. The van der Waals surface area contributed by atoms with E-state index in [-0.39, 0.29) is 12.2 Å². The molecular formula is C14H12FN3. The predicted octanol–water partition coefficient (Wildman–Crippen LogP) is 2.90. The zero-order valence-corrected chi connectivity index (χ0v) is 9.73. The molecule has 0 amide bonds. The first kappa shape index (κ1) is 12.1. The van der Waals surface area contributed by atoms with E-state index in [4.69, 9.17) is 5.26 Å². The lowest BCUT2D eigenvalue weighted by Crippen LogP contribution is -2.04. The standard InChI is InChI=1S/C14H12FN3/c15-13-5-1-4-12(6-7-16)14(13)18-10-11-3-2-8-17-9-11/h1-5,8-9,18H,6,10H2. The SMILES string of the molecule is N#CCc1cccc(F)c1NCc1cccnc1. The fraction of sp³-hybridized carbons (Fsp3) is 0.143. The molecule has 0 aliphatic carbocycles. The second-order valence-electron chi connectivity index (χ2n) is 3.82. The molecule has 1 aromatic heterocycles. The Hall–Kier alpha value is -2.41. The Morgan fingerprint density at radius 2 is 2.17 bits per heavy atom. The van der Waals surface area contributed by atoms with Crippen molar-refractivity contribution >= 4 is 5.69 Å². The van der Waals surface area contributed by atoms with Crippen LogP contribution in [-0.4, -0.2) is 4.98 Å². The Bertz CT molecular complexity index is 561. The highest BCUT2D eigenvalue weighted by Crippen LogP contribution is 2.20. The number of anilines is 1. The van der Waals surface area contributed by atoms with E-state index in [1.807, 2.05) is 18.2 Å². The molecular weight excluding hydrogens is 229 g/mol. The van der Waals surface area contributed by atoms with Crippen molar-refractivity contribution in [3.63, 3.8) is 0 Å². The van der Waals surface area contributed by atoms with Gasteiger partial charge in [0.25, 0.3) is 0 Å². The summed E-state index contributed by atoms with van der Waals surface area (Å²) in [7, 11) is 0. The lowest BCUT2D eigenvalue weighted by atomic mass is 10.1. The number of hydrogen-bond donors (Lipinski definition) is 1. The number of benzene rings is 1. The lowest BCUT2D eigenvalue weighted by molar-refractivity contribution is 0.628. The average Bonchev–Trinajstić information content (AvgIpc) is 2.40. The maximum absolute atomic E-state index is 13.7. The molecule has 1 aromatic carbocycles. The molecule has 1 N–H and O–H groups in total. The minimum Gasteiger partial charge on any atom is -0.378 e. The quantitative estimate of drug-likeness (QED) is 0.895. The highest BCUT2D eigenvalue weighted by atomic mass is 19.1. The molecule has 18 heavy (non-hydrogen) atoms. The fourth-order valence-corrected chi connectivity index (χ4v) is 1.69. The van der Waals surface area contributed by atoms with E-state index in [0.29, 0.717) is 17.8 Å². The molecule has 2 aromatic rings. The number of aromatic nitrogens is 1. The molecule has 0 fully saturated rings. The van der Waals surface area contributed by atoms with Gasteiger partial charge in [-0.1, -0.05) is 18.2 Å². The van der Waals surface area contributed by atoms with Gasteiger partial charge >= 0.3 is 0 Å². The summed E-state index contributed by atoms with van der Waals surface area (Å²) in [6.45, 7) is 0.479. The molecule has 0 saturated carbocycles. The zero-order chi connectivity index (χ0) is 12.8. The van der Waals surface area contributed by atoms with Crippen LogP contribution in [0, 0.1) is 17.1 Å². The van der Waals surface area contributed by atoms with Crippen molar-refractivity contribution < 1.29 is 4.39 Å². The van der Waals surface area contributed by atoms with Crippen LogP contribution in [0.15, 0.2) is 42.7 Å². The molecule has 0 aliphatic rings. The highest BCUT2D eigenvalue weighted by molar-refractivity contribution is 5.53. The van der Waals surface area contributed by atoms with E-state index in [9.17, 15) is 4.39 Å². The summed E-state index contributed by atoms with van der Waals surface area (Å²) in [4.78, 5) is 3.99. The molecule has 0 saturated heterocycles. The summed E-state index contributed by atoms with van der Waals surface area (Å²) in [5.41, 5.74) is 2.02. The number of nitrogens with one attached hydrogen (secondary N) is 1. The predicted molar refractivity (Wildman–Crippen MR) is 67.3 cm³/mol. The van der Waals surface area contributed by atoms with E-state index in [1.54, 1.807) is 24.5 Å². The van der Waals surface area contributed by atoms with Crippen molar-refractivity contribution in [2.24, 2.45) is 0 Å². The topological polar surface area (TPSA) is 48.7 Å². The Morgan fingerprint density at radius 1 is 1.28 bits per heavy atom. The Morgan fingerprint density at radius 3 is 2.89 bits per heavy atom. The van der Waals surface area contributed by atoms with Crippen LogP contribution in [0.1, 0.15) is 11.1 Å². The molecule has 0 radical (unpaired) electrons.